The first-order valence-electron chi connectivity index (χ1n) is 5.80. The Morgan fingerprint density at radius 2 is 1.83 bits per heavy atom. The molecule has 0 rings (SSSR count). The molecule has 3 N–H and O–H groups in total. The Morgan fingerprint density at radius 3 is 2.22 bits per heavy atom. The highest BCUT2D eigenvalue weighted by Gasteiger charge is 2.25. The molecule has 0 aliphatic carbocycles. The van der Waals surface area contributed by atoms with Crippen molar-refractivity contribution in [3.8, 4) is 0 Å². The average molecular weight is 259 g/mol. The van der Waals surface area contributed by atoms with Gasteiger partial charge in [0.1, 0.15) is 12.6 Å². The molecule has 18 heavy (non-hydrogen) atoms. The summed E-state index contributed by atoms with van der Waals surface area (Å²) in [6.07, 6.45) is 0. The van der Waals surface area contributed by atoms with E-state index in [2.05, 4.69) is 10.6 Å². The molecule has 0 saturated heterocycles. The van der Waals surface area contributed by atoms with Crippen LogP contribution in [0, 0.1) is 5.92 Å². The number of hydrogen-bond donors (Lipinski definition) is 3. The van der Waals surface area contributed by atoms with E-state index in [4.69, 9.17) is 5.11 Å². The zero-order valence-electron chi connectivity index (χ0n) is 11.2. The Morgan fingerprint density at radius 1 is 1.28 bits per heavy atom. The third kappa shape index (κ3) is 5.51. The van der Waals surface area contributed by atoms with Gasteiger partial charge in [0.25, 0.3) is 0 Å². The maximum atomic E-state index is 11.7. The number of hydrogen-bond acceptors (Lipinski definition) is 3. The molecule has 0 aromatic rings. The minimum absolute atomic E-state index is 0.107. The summed E-state index contributed by atoms with van der Waals surface area (Å²) in [6, 6.07) is -1.54. The normalized spacial score (nSPS) is 11.8. The van der Waals surface area contributed by atoms with E-state index >= 15 is 0 Å². The second kappa shape index (κ2) is 7.52. The highest BCUT2D eigenvalue weighted by atomic mass is 16.4. The van der Waals surface area contributed by atoms with Gasteiger partial charge in [0.15, 0.2) is 0 Å². The van der Waals surface area contributed by atoms with Crippen molar-refractivity contribution in [2.75, 3.05) is 20.1 Å². The van der Waals surface area contributed by atoms with Crippen LogP contribution in [-0.2, 0) is 9.59 Å². The summed E-state index contributed by atoms with van der Waals surface area (Å²) in [6.45, 7) is 5.55. The molecule has 0 aromatic heterocycles. The first kappa shape index (κ1) is 16.2. The van der Waals surface area contributed by atoms with Gasteiger partial charge in [-0.25, -0.2) is 9.59 Å². The summed E-state index contributed by atoms with van der Waals surface area (Å²) in [5.41, 5.74) is 0. The summed E-state index contributed by atoms with van der Waals surface area (Å²) < 4.78 is 0. The quantitative estimate of drug-likeness (QED) is 0.619. The van der Waals surface area contributed by atoms with Gasteiger partial charge < -0.3 is 20.6 Å². The molecular formula is C11H21N3O4. The Labute approximate surface area is 107 Å². The highest BCUT2D eigenvalue weighted by molar-refractivity contribution is 5.86. The lowest BCUT2D eigenvalue weighted by atomic mass is 10.1. The average Bonchev–Trinajstić information content (AvgIpc) is 2.24. The molecule has 7 nitrogen and oxygen atoms in total. The van der Waals surface area contributed by atoms with Crippen LogP contribution < -0.4 is 10.6 Å². The van der Waals surface area contributed by atoms with E-state index < -0.39 is 18.0 Å². The second-order valence-corrected chi connectivity index (χ2v) is 4.32. The number of rotatable bonds is 6. The van der Waals surface area contributed by atoms with Crippen molar-refractivity contribution in [1.29, 1.82) is 0 Å². The molecule has 0 heterocycles. The summed E-state index contributed by atoms with van der Waals surface area (Å²) in [4.78, 5) is 35.0. The lowest BCUT2D eigenvalue weighted by molar-refractivity contribution is -0.140. The molecular weight excluding hydrogens is 238 g/mol. The summed E-state index contributed by atoms with van der Waals surface area (Å²) in [7, 11) is 1.43. The van der Waals surface area contributed by atoms with E-state index in [1.807, 2.05) is 0 Å². The number of nitrogens with zero attached hydrogens (tertiary/aromatic N) is 1. The molecule has 0 unspecified atom stereocenters. The predicted molar refractivity (Wildman–Crippen MR) is 66.1 cm³/mol. The van der Waals surface area contributed by atoms with Gasteiger partial charge in [0.2, 0.25) is 5.91 Å². The van der Waals surface area contributed by atoms with Crippen LogP contribution in [0.4, 0.5) is 4.79 Å². The van der Waals surface area contributed by atoms with E-state index in [0.29, 0.717) is 6.54 Å². The zero-order valence-corrected chi connectivity index (χ0v) is 11.2. The number of likely N-dealkylation sites (N-methyl/N-ethyl adjacent to an activating group) is 2. The molecule has 104 valence electrons. The standard InChI is InChI=1S/C11H21N3O4/c1-5-12-8(15)6-14(4)11(18)13-9(7(2)3)10(16)17/h7,9H,5-6H2,1-4H3,(H,12,15)(H,13,18)(H,16,17)/t9-/m0/s1. The monoisotopic (exact) mass is 259 g/mol. The molecule has 0 aliphatic rings. The number of carboxylic acid groups (broad SMARTS) is 1. The van der Waals surface area contributed by atoms with E-state index in [0.717, 1.165) is 4.90 Å². The van der Waals surface area contributed by atoms with Gasteiger partial charge in [0.05, 0.1) is 0 Å². The zero-order chi connectivity index (χ0) is 14.3. The van der Waals surface area contributed by atoms with Crippen LogP contribution in [-0.4, -0.2) is 54.1 Å². The van der Waals surface area contributed by atoms with Crippen LogP contribution in [0.2, 0.25) is 0 Å². The number of amides is 3. The third-order valence-electron chi connectivity index (χ3n) is 2.31. The fourth-order valence-electron chi connectivity index (χ4n) is 1.30. The molecule has 7 heteroatoms. The fraction of sp³-hybridized carbons (Fsp3) is 0.727. The fourth-order valence-corrected chi connectivity index (χ4v) is 1.30. The van der Waals surface area contributed by atoms with Gasteiger partial charge in [0, 0.05) is 13.6 Å². The van der Waals surface area contributed by atoms with Crippen molar-refractivity contribution in [1.82, 2.24) is 15.5 Å². The first-order valence-corrected chi connectivity index (χ1v) is 5.80. The summed E-state index contributed by atoms with van der Waals surface area (Å²) in [5, 5.41) is 13.9. The lowest BCUT2D eigenvalue weighted by Crippen LogP contribution is -2.50. The maximum absolute atomic E-state index is 11.7. The molecule has 0 saturated carbocycles. The second-order valence-electron chi connectivity index (χ2n) is 4.32. The van der Waals surface area contributed by atoms with E-state index in [1.54, 1.807) is 20.8 Å². The number of urea groups is 1. The molecule has 0 spiro atoms. The van der Waals surface area contributed by atoms with Crippen molar-refractivity contribution in [2.24, 2.45) is 5.92 Å². The topological polar surface area (TPSA) is 98.7 Å². The maximum Gasteiger partial charge on any atom is 0.326 e. The summed E-state index contributed by atoms with van der Waals surface area (Å²) in [5.74, 6) is -1.61. The van der Waals surface area contributed by atoms with Crippen molar-refractivity contribution >= 4 is 17.9 Å². The van der Waals surface area contributed by atoms with Crippen molar-refractivity contribution < 1.29 is 19.5 Å². The highest BCUT2D eigenvalue weighted by Crippen LogP contribution is 2.02. The van der Waals surface area contributed by atoms with Gasteiger partial charge in [-0.3, -0.25) is 4.79 Å². The van der Waals surface area contributed by atoms with E-state index in [-0.39, 0.29) is 18.4 Å². The lowest BCUT2D eigenvalue weighted by Gasteiger charge is -2.22. The number of carboxylic acids is 1. The Balaban J connectivity index is 4.38. The van der Waals surface area contributed by atoms with Crippen molar-refractivity contribution in [2.45, 2.75) is 26.8 Å². The smallest absolute Gasteiger partial charge is 0.326 e. The Hall–Kier alpha value is -1.79. The number of carbonyl (C=O) groups excluding carboxylic acids is 2. The molecule has 0 aliphatic heterocycles. The van der Waals surface area contributed by atoms with Crippen LogP contribution in [0.3, 0.4) is 0 Å². The minimum atomic E-state index is -1.09. The van der Waals surface area contributed by atoms with Gasteiger partial charge in [-0.2, -0.15) is 0 Å². The Bertz CT molecular complexity index is 317. The third-order valence-corrected chi connectivity index (χ3v) is 2.31. The Kier molecular flexibility index (Phi) is 6.77. The number of aliphatic carboxylic acids is 1. The first-order chi connectivity index (χ1) is 8.29. The van der Waals surface area contributed by atoms with E-state index in [1.165, 1.54) is 7.05 Å². The molecule has 0 aromatic carbocycles. The van der Waals surface area contributed by atoms with Gasteiger partial charge >= 0.3 is 12.0 Å². The predicted octanol–water partition coefficient (Wildman–Crippen LogP) is -0.127. The van der Waals surface area contributed by atoms with Crippen LogP contribution in [0.25, 0.3) is 0 Å². The molecule has 3 amide bonds. The molecule has 0 bridgehead atoms. The summed E-state index contributed by atoms with van der Waals surface area (Å²) >= 11 is 0. The van der Waals surface area contributed by atoms with Gasteiger partial charge in [-0.05, 0) is 12.8 Å². The van der Waals surface area contributed by atoms with Crippen LogP contribution in [0.5, 0.6) is 0 Å². The van der Waals surface area contributed by atoms with Gasteiger partial charge in [-0.15, -0.1) is 0 Å². The van der Waals surface area contributed by atoms with Crippen LogP contribution in [0.15, 0.2) is 0 Å². The molecule has 0 radical (unpaired) electrons. The van der Waals surface area contributed by atoms with Crippen LogP contribution in [0.1, 0.15) is 20.8 Å². The van der Waals surface area contributed by atoms with Crippen molar-refractivity contribution in [3.63, 3.8) is 0 Å². The van der Waals surface area contributed by atoms with Crippen molar-refractivity contribution in [3.05, 3.63) is 0 Å². The van der Waals surface area contributed by atoms with Crippen LogP contribution >= 0.6 is 0 Å². The van der Waals surface area contributed by atoms with E-state index in [9.17, 15) is 14.4 Å². The molecule has 0 fully saturated rings. The van der Waals surface area contributed by atoms with Gasteiger partial charge in [-0.1, -0.05) is 13.8 Å². The molecule has 1 atom stereocenters. The number of carbonyl (C=O) groups is 3. The SMILES string of the molecule is CCNC(=O)CN(C)C(=O)N[C@H](C(=O)O)C(C)C. The minimum Gasteiger partial charge on any atom is -0.480 e. The number of nitrogens with one attached hydrogen (secondary N) is 2. The largest absolute Gasteiger partial charge is 0.480 e.